The van der Waals surface area contributed by atoms with Gasteiger partial charge in [-0.2, -0.15) is 10.2 Å². The molecule has 1 heterocycles. The number of anilines is 1. The summed E-state index contributed by atoms with van der Waals surface area (Å²) in [6, 6.07) is 19.2. The van der Waals surface area contributed by atoms with Gasteiger partial charge in [0.1, 0.15) is 10.7 Å². The maximum atomic E-state index is 12.3. The Morgan fingerprint density at radius 2 is 1.75 bits per heavy atom. The van der Waals surface area contributed by atoms with Crippen molar-refractivity contribution in [3.8, 4) is 0 Å². The van der Waals surface area contributed by atoms with Crippen molar-refractivity contribution in [2.75, 3.05) is 5.43 Å². The number of nitrogens with one attached hydrogen (secondary N) is 1. The monoisotopic (exact) mass is 338 g/mol. The van der Waals surface area contributed by atoms with Crippen molar-refractivity contribution < 1.29 is 0 Å². The molecule has 0 amide bonds. The molecule has 120 valence electrons. The van der Waals surface area contributed by atoms with Crippen LogP contribution >= 0.6 is 11.6 Å². The Bertz CT molecular complexity index is 892. The molecule has 1 N–H and O–H groups in total. The van der Waals surface area contributed by atoms with Crippen molar-refractivity contribution >= 4 is 23.5 Å². The first-order valence-corrected chi connectivity index (χ1v) is 7.75. The van der Waals surface area contributed by atoms with Gasteiger partial charge in [0.05, 0.1) is 19.0 Å². The molecule has 0 aliphatic heterocycles. The summed E-state index contributed by atoms with van der Waals surface area (Å²) >= 11 is 6.14. The summed E-state index contributed by atoms with van der Waals surface area (Å²) < 4.78 is 1.32. The van der Waals surface area contributed by atoms with Gasteiger partial charge in [-0.05, 0) is 11.1 Å². The van der Waals surface area contributed by atoms with Crippen LogP contribution in [-0.4, -0.2) is 16.0 Å². The molecular weight excluding hydrogens is 324 g/mol. The summed E-state index contributed by atoms with van der Waals surface area (Å²) in [5.41, 5.74) is 4.68. The highest BCUT2D eigenvalue weighted by Gasteiger charge is 2.09. The summed E-state index contributed by atoms with van der Waals surface area (Å²) in [6.45, 7) is 0.368. The van der Waals surface area contributed by atoms with Crippen molar-refractivity contribution in [1.29, 1.82) is 0 Å². The third kappa shape index (κ3) is 3.88. The average Bonchev–Trinajstić information content (AvgIpc) is 2.63. The quantitative estimate of drug-likeness (QED) is 0.573. The van der Waals surface area contributed by atoms with Crippen LogP contribution in [0.5, 0.6) is 0 Å². The summed E-state index contributed by atoms with van der Waals surface area (Å²) in [7, 11) is 0. The van der Waals surface area contributed by atoms with Crippen molar-refractivity contribution in [3.05, 3.63) is 93.4 Å². The maximum absolute atomic E-state index is 12.3. The van der Waals surface area contributed by atoms with E-state index in [1.54, 1.807) is 6.21 Å². The SMILES string of the molecule is O=c1c(Cl)c(N/N=C/c2ccccc2)cnn1Cc1ccccc1. The number of hydrogen-bond donors (Lipinski definition) is 1. The standard InChI is InChI=1S/C18H15ClN4O/c19-17-16(22-20-11-14-7-3-1-4-8-14)12-21-23(18(17)24)13-15-9-5-2-6-10-15/h1-12,22H,13H2/b20-11+. The van der Waals surface area contributed by atoms with E-state index in [1.165, 1.54) is 10.9 Å². The molecule has 2 aromatic carbocycles. The zero-order chi connectivity index (χ0) is 16.8. The van der Waals surface area contributed by atoms with Gasteiger partial charge in [0.25, 0.3) is 5.56 Å². The molecule has 3 aromatic rings. The van der Waals surface area contributed by atoms with Gasteiger partial charge in [0, 0.05) is 0 Å². The molecule has 3 rings (SSSR count). The van der Waals surface area contributed by atoms with Gasteiger partial charge in [-0.3, -0.25) is 10.2 Å². The highest BCUT2D eigenvalue weighted by Crippen LogP contribution is 2.15. The van der Waals surface area contributed by atoms with E-state index < -0.39 is 0 Å². The molecule has 0 aliphatic rings. The maximum Gasteiger partial charge on any atom is 0.288 e. The first-order chi connectivity index (χ1) is 11.7. The number of hydrogen-bond acceptors (Lipinski definition) is 4. The van der Waals surface area contributed by atoms with E-state index in [-0.39, 0.29) is 10.6 Å². The molecule has 0 fully saturated rings. The van der Waals surface area contributed by atoms with Crippen LogP contribution in [-0.2, 0) is 6.54 Å². The molecular formula is C18H15ClN4O. The number of nitrogens with zero attached hydrogens (tertiary/aromatic N) is 3. The highest BCUT2D eigenvalue weighted by molar-refractivity contribution is 6.32. The lowest BCUT2D eigenvalue weighted by atomic mass is 10.2. The molecule has 0 atom stereocenters. The van der Waals surface area contributed by atoms with E-state index >= 15 is 0 Å². The molecule has 0 unspecified atom stereocenters. The van der Waals surface area contributed by atoms with Crippen LogP contribution in [0.4, 0.5) is 5.69 Å². The van der Waals surface area contributed by atoms with Gasteiger partial charge in [-0.25, -0.2) is 4.68 Å². The summed E-state index contributed by atoms with van der Waals surface area (Å²) in [4.78, 5) is 12.3. The molecule has 6 heteroatoms. The third-order valence-electron chi connectivity index (χ3n) is 3.36. The zero-order valence-electron chi connectivity index (χ0n) is 12.8. The summed E-state index contributed by atoms with van der Waals surface area (Å²) in [6.07, 6.45) is 3.14. The predicted octanol–water partition coefficient (Wildman–Crippen LogP) is 3.39. The van der Waals surface area contributed by atoms with Crippen LogP contribution in [0.15, 0.2) is 76.8 Å². The lowest BCUT2D eigenvalue weighted by Crippen LogP contribution is -2.24. The lowest BCUT2D eigenvalue weighted by molar-refractivity contribution is 0.640. The molecule has 0 aliphatic carbocycles. The van der Waals surface area contributed by atoms with Gasteiger partial charge in [0.15, 0.2) is 0 Å². The predicted molar refractivity (Wildman–Crippen MR) is 96.7 cm³/mol. The number of benzene rings is 2. The van der Waals surface area contributed by atoms with E-state index in [2.05, 4.69) is 15.6 Å². The average molecular weight is 339 g/mol. The Kier molecular flexibility index (Phi) is 5.03. The van der Waals surface area contributed by atoms with E-state index in [1.807, 2.05) is 60.7 Å². The van der Waals surface area contributed by atoms with Crippen LogP contribution in [0.2, 0.25) is 5.02 Å². The molecule has 0 radical (unpaired) electrons. The van der Waals surface area contributed by atoms with E-state index in [0.29, 0.717) is 12.2 Å². The minimum atomic E-state index is -0.361. The topological polar surface area (TPSA) is 59.3 Å². The Hall–Kier alpha value is -2.92. The van der Waals surface area contributed by atoms with Crippen molar-refractivity contribution in [2.45, 2.75) is 6.54 Å². The summed E-state index contributed by atoms with van der Waals surface area (Å²) in [5, 5.41) is 8.28. The molecule has 1 aromatic heterocycles. The normalized spacial score (nSPS) is 10.9. The van der Waals surface area contributed by atoms with E-state index in [4.69, 9.17) is 11.6 Å². The Morgan fingerprint density at radius 3 is 2.46 bits per heavy atom. The van der Waals surface area contributed by atoms with Crippen molar-refractivity contribution in [2.24, 2.45) is 5.10 Å². The number of rotatable bonds is 5. The largest absolute Gasteiger partial charge is 0.288 e. The minimum Gasteiger partial charge on any atom is -0.275 e. The molecule has 0 saturated heterocycles. The van der Waals surface area contributed by atoms with Crippen LogP contribution in [0.1, 0.15) is 11.1 Å². The Morgan fingerprint density at radius 1 is 1.08 bits per heavy atom. The second kappa shape index (κ2) is 7.57. The number of aromatic nitrogens is 2. The molecule has 24 heavy (non-hydrogen) atoms. The molecule has 0 spiro atoms. The zero-order valence-corrected chi connectivity index (χ0v) is 13.5. The molecule has 5 nitrogen and oxygen atoms in total. The first-order valence-electron chi connectivity index (χ1n) is 7.38. The van der Waals surface area contributed by atoms with Crippen molar-refractivity contribution in [3.63, 3.8) is 0 Å². The van der Waals surface area contributed by atoms with Crippen LogP contribution in [0.3, 0.4) is 0 Å². The third-order valence-corrected chi connectivity index (χ3v) is 3.72. The van der Waals surface area contributed by atoms with Gasteiger partial charge >= 0.3 is 0 Å². The summed E-state index contributed by atoms with van der Waals surface area (Å²) in [5.74, 6) is 0. The number of hydrazone groups is 1. The molecule has 0 saturated carbocycles. The van der Waals surface area contributed by atoms with Gasteiger partial charge in [-0.15, -0.1) is 0 Å². The fourth-order valence-electron chi connectivity index (χ4n) is 2.13. The van der Waals surface area contributed by atoms with Crippen molar-refractivity contribution in [1.82, 2.24) is 9.78 Å². The molecule has 0 bridgehead atoms. The fraction of sp³-hybridized carbons (Fsp3) is 0.0556. The number of halogens is 1. The highest BCUT2D eigenvalue weighted by atomic mass is 35.5. The smallest absolute Gasteiger partial charge is 0.275 e. The fourth-order valence-corrected chi connectivity index (χ4v) is 2.32. The lowest BCUT2D eigenvalue weighted by Gasteiger charge is -2.07. The minimum absolute atomic E-state index is 0.0612. The van der Waals surface area contributed by atoms with Crippen LogP contribution in [0.25, 0.3) is 0 Å². The van der Waals surface area contributed by atoms with E-state index in [9.17, 15) is 4.79 Å². The Labute approximate surface area is 144 Å². The first kappa shape index (κ1) is 16.0. The Balaban J connectivity index is 1.75. The van der Waals surface area contributed by atoms with Gasteiger partial charge in [-0.1, -0.05) is 72.3 Å². The van der Waals surface area contributed by atoms with Crippen LogP contribution in [0, 0.1) is 0 Å². The second-order valence-electron chi connectivity index (χ2n) is 5.10. The van der Waals surface area contributed by atoms with E-state index in [0.717, 1.165) is 11.1 Å². The van der Waals surface area contributed by atoms with Gasteiger partial charge < -0.3 is 0 Å². The second-order valence-corrected chi connectivity index (χ2v) is 5.48. The van der Waals surface area contributed by atoms with Crippen LogP contribution < -0.4 is 11.0 Å². The van der Waals surface area contributed by atoms with Gasteiger partial charge in [0.2, 0.25) is 0 Å².